The lowest BCUT2D eigenvalue weighted by Gasteiger charge is -2.25. The molecule has 0 radical (unpaired) electrons. The average molecular weight is 323 g/mol. The maximum absolute atomic E-state index is 12.7. The van der Waals surface area contributed by atoms with E-state index in [1.807, 2.05) is 37.3 Å². The standard InChI is InChI=1S/C21H25NO2/c1-2-24-20-12-10-18(11-13-20)16-21(23)22-14-6-9-19(22)15-17-7-4-3-5-8-17/h3-5,7-8,10-13,19H,2,6,9,14-16H2,1H3. The van der Waals surface area contributed by atoms with Gasteiger partial charge in [-0.05, 0) is 49.4 Å². The van der Waals surface area contributed by atoms with E-state index in [9.17, 15) is 4.79 Å². The van der Waals surface area contributed by atoms with Crippen molar-refractivity contribution in [2.45, 2.75) is 38.6 Å². The van der Waals surface area contributed by atoms with Crippen LogP contribution < -0.4 is 4.74 Å². The molecule has 1 fully saturated rings. The van der Waals surface area contributed by atoms with Crippen LogP contribution >= 0.6 is 0 Å². The summed E-state index contributed by atoms with van der Waals surface area (Å²) >= 11 is 0. The van der Waals surface area contributed by atoms with E-state index in [1.54, 1.807) is 0 Å². The molecular formula is C21H25NO2. The predicted molar refractivity (Wildman–Crippen MR) is 96.2 cm³/mol. The number of benzene rings is 2. The van der Waals surface area contributed by atoms with Crippen LogP contribution in [0.15, 0.2) is 54.6 Å². The molecule has 0 saturated carbocycles. The van der Waals surface area contributed by atoms with Crippen LogP contribution in [0.5, 0.6) is 5.75 Å². The van der Waals surface area contributed by atoms with Crippen molar-refractivity contribution >= 4 is 5.91 Å². The van der Waals surface area contributed by atoms with E-state index in [1.165, 1.54) is 5.56 Å². The van der Waals surface area contributed by atoms with Crippen LogP contribution in [0.2, 0.25) is 0 Å². The summed E-state index contributed by atoms with van der Waals surface area (Å²) in [6, 6.07) is 18.7. The number of amides is 1. The molecule has 24 heavy (non-hydrogen) atoms. The van der Waals surface area contributed by atoms with Crippen molar-refractivity contribution in [3.63, 3.8) is 0 Å². The lowest BCUT2D eigenvalue weighted by atomic mass is 10.0. The van der Waals surface area contributed by atoms with Crippen molar-refractivity contribution in [2.75, 3.05) is 13.2 Å². The quantitative estimate of drug-likeness (QED) is 0.808. The molecule has 1 unspecified atom stereocenters. The first kappa shape index (κ1) is 16.6. The number of carbonyl (C=O) groups is 1. The maximum Gasteiger partial charge on any atom is 0.227 e. The molecule has 0 aliphatic carbocycles. The fraction of sp³-hybridized carbons (Fsp3) is 0.381. The number of rotatable bonds is 6. The van der Waals surface area contributed by atoms with Gasteiger partial charge in [0.25, 0.3) is 0 Å². The second kappa shape index (κ2) is 8.00. The van der Waals surface area contributed by atoms with Crippen molar-refractivity contribution in [3.8, 4) is 5.75 Å². The van der Waals surface area contributed by atoms with Crippen LogP contribution in [-0.4, -0.2) is 30.0 Å². The Bertz CT molecular complexity index is 651. The molecule has 1 heterocycles. The van der Waals surface area contributed by atoms with Crippen LogP contribution in [0, 0.1) is 0 Å². The number of carbonyl (C=O) groups excluding carboxylic acids is 1. The smallest absolute Gasteiger partial charge is 0.227 e. The molecule has 0 N–H and O–H groups in total. The van der Waals surface area contributed by atoms with E-state index in [-0.39, 0.29) is 5.91 Å². The number of ether oxygens (including phenoxy) is 1. The van der Waals surface area contributed by atoms with Crippen molar-refractivity contribution in [2.24, 2.45) is 0 Å². The molecule has 1 saturated heterocycles. The van der Waals surface area contributed by atoms with E-state index in [0.717, 1.165) is 37.1 Å². The van der Waals surface area contributed by atoms with Crippen molar-refractivity contribution in [1.29, 1.82) is 0 Å². The van der Waals surface area contributed by atoms with E-state index in [2.05, 4.69) is 29.2 Å². The number of nitrogens with zero attached hydrogens (tertiary/aromatic N) is 1. The number of hydrogen-bond acceptors (Lipinski definition) is 2. The molecule has 3 nitrogen and oxygen atoms in total. The van der Waals surface area contributed by atoms with E-state index in [0.29, 0.717) is 19.1 Å². The Morgan fingerprint density at radius 2 is 1.83 bits per heavy atom. The average Bonchev–Trinajstić information content (AvgIpc) is 3.06. The van der Waals surface area contributed by atoms with Crippen LogP contribution in [-0.2, 0) is 17.6 Å². The van der Waals surface area contributed by atoms with Gasteiger partial charge in [-0.2, -0.15) is 0 Å². The lowest BCUT2D eigenvalue weighted by molar-refractivity contribution is -0.131. The summed E-state index contributed by atoms with van der Waals surface area (Å²) in [6.07, 6.45) is 3.63. The largest absolute Gasteiger partial charge is 0.494 e. The van der Waals surface area contributed by atoms with E-state index < -0.39 is 0 Å². The van der Waals surface area contributed by atoms with Crippen molar-refractivity contribution < 1.29 is 9.53 Å². The Kier molecular flexibility index (Phi) is 5.52. The summed E-state index contributed by atoms with van der Waals surface area (Å²) in [5.74, 6) is 1.09. The highest BCUT2D eigenvalue weighted by Gasteiger charge is 2.28. The highest BCUT2D eigenvalue weighted by Crippen LogP contribution is 2.22. The zero-order valence-electron chi connectivity index (χ0n) is 14.3. The number of likely N-dealkylation sites (tertiary alicyclic amines) is 1. The molecule has 0 aromatic heterocycles. The van der Waals surface area contributed by atoms with Crippen LogP contribution in [0.4, 0.5) is 0 Å². The van der Waals surface area contributed by atoms with Crippen LogP contribution in [0.3, 0.4) is 0 Å². The Labute approximate surface area is 144 Å². The minimum Gasteiger partial charge on any atom is -0.494 e. The fourth-order valence-electron chi connectivity index (χ4n) is 3.41. The van der Waals surface area contributed by atoms with Gasteiger partial charge in [-0.25, -0.2) is 0 Å². The molecule has 126 valence electrons. The molecule has 0 bridgehead atoms. The van der Waals surface area contributed by atoms with Gasteiger partial charge in [0.1, 0.15) is 5.75 Å². The Morgan fingerprint density at radius 1 is 1.08 bits per heavy atom. The van der Waals surface area contributed by atoms with E-state index >= 15 is 0 Å². The van der Waals surface area contributed by atoms with Gasteiger partial charge in [0, 0.05) is 12.6 Å². The van der Waals surface area contributed by atoms with E-state index in [4.69, 9.17) is 4.74 Å². The van der Waals surface area contributed by atoms with Gasteiger partial charge < -0.3 is 9.64 Å². The van der Waals surface area contributed by atoms with Gasteiger partial charge in [-0.3, -0.25) is 4.79 Å². The van der Waals surface area contributed by atoms with Gasteiger partial charge in [0.15, 0.2) is 0 Å². The van der Waals surface area contributed by atoms with Gasteiger partial charge in [-0.1, -0.05) is 42.5 Å². The van der Waals surface area contributed by atoms with Gasteiger partial charge in [-0.15, -0.1) is 0 Å². The summed E-state index contributed by atoms with van der Waals surface area (Å²) in [4.78, 5) is 14.8. The molecular weight excluding hydrogens is 298 g/mol. The van der Waals surface area contributed by atoms with Gasteiger partial charge in [0.05, 0.1) is 13.0 Å². The first-order valence-corrected chi connectivity index (χ1v) is 8.81. The van der Waals surface area contributed by atoms with Crippen LogP contribution in [0.1, 0.15) is 30.9 Å². The SMILES string of the molecule is CCOc1ccc(CC(=O)N2CCCC2Cc2ccccc2)cc1. The second-order valence-electron chi connectivity index (χ2n) is 6.33. The molecule has 3 heteroatoms. The molecule has 1 aliphatic rings. The van der Waals surface area contributed by atoms with Crippen molar-refractivity contribution in [3.05, 3.63) is 65.7 Å². The minimum atomic E-state index is 0.234. The maximum atomic E-state index is 12.7. The fourth-order valence-corrected chi connectivity index (χ4v) is 3.41. The molecule has 2 aromatic rings. The monoisotopic (exact) mass is 323 g/mol. The van der Waals surface area contributed by atoms with Crippen molar-refractivity contribution in [1.82, 2.24) is 4.90 Å². The summed E-state index contributed by atoms with van der Waals surface area (Å²) in [6.45, 7) is 3.51. The Morgan fingerprint density at radius 3 is 2.54 bits per heavy atom. The molecule has 1 aliphatic heterocycles. The van der Waals surface area contributed by atoms with Gasteiger partial charge >= 0.3 is 0 Å². The summed E-state index contributed by atoms with van der Waals surface area (Å²) < 4.78 is 5.45. The highest BCUT2D eigenvalue weighted by atomic mass is 16.5. The minimum absolute atomic E-state index is 0.234. The highest BCUT2D eigenvalue weighted by molar-refractivity contribution is 5.79. The third kappa shape index (κ3) is 4.16. The lowest BCUT2D eigenvalue weighted by Crippen LogP contribution is -2.37. The Balaban J connectivity index is 1.61. The predicted octanol–water partition coefficient (Wildman–Crippen LogP) is 3.86. The summed E-state index contributed by atoms with van der Waals surface area (Å²) in [5.41, 5.74) is 2.36. The van der Waals surface area contributed by atoms with Gasteiger partial charge in [0.2, 0.25) is 5.91 Å². The third-order valence-corrected chi connectivity index (χ3v) is 4.60. The first-order valence-electron chi connectivity index (χ1n) is 8.81. The third-order valence-electron chi connectivity index (χ3n) is 4.60. The second-order valence-corrected chi connectivity index (χ2v) is 6.33. The number of hydrogen-bond donors (Lipinski definition) is 0. The molecule has 2 aromatic carbocycles. The zero-order chi connectivity index (χ0) is 16.8. The summed E-state index contributed by atoms with van der Waals surface area (Å²) in [5, 5.41) is 0. The van der Waals surface area contributed by atoms with Crippen LogP contribution in [0.25, 0.3) is 0 Å². The summed E-state index contributed by atoms with van der Waals surface area (Å²) in [7, 11) is 0. The molecule has 3 rings (SSSR count). The normalized spacial score (nSPS) is 17.0. The first-order chi connectivity index (χ1) is 11.8. The zero-order valence-corrected chi connectivity index (χ0v) is 14.3. The molecule has 1 atom stereocenters. The topological polar surface area (TPSA) is 29.5 Å². The molecule has 1 amide bonds. The Hall–Kier alpha value is -2.29. The molecule has 0 spiro atoms.